The van der Waals surface area contributed by atoms with Crippen molar-refractivity contribution in [2.24, 2.45) is 0 Å². The molecule has 0 aliphatic carbocycles. The number of para-hydroxylation sites is 1. The quantitative estimate of drug-likeness (QED) is 0.674. The molecular formula is C11H9ClN4O2. The monoisotopic (exact) mass is 264 g/mol. The Morgan fingerprint density at radius 1 is 1.33 bits per heavy atom. The SMILES string of the molecule is CC(=O)N(Cl)c1ccccc1C(=O)c1cn[nH]n1. The molecule has 6 nitrogen and oxygen atoms in total. The summed E-state index contributed by atoms with van der Waals surface area (Å²) in [4.78, 5) is 23.4. The van der Waals surface area contributed by atoms with Gasteiger partial charge in [0.1, 0.15) is 0 Å². The summed E-state index contributed by atoms with van der Waals surface area (Å²) in [5.41, 5.74) is 0.771. The number of H-pyrrole nitrogens is 1. The van der Waals surface area contributed by atoms with E-state index < -0.39 is 0 Å². The van der Waals surface area contributed by atoms with Gasteiger partial charge in [-0.1, -0.05) is 12.1 Å². The van der Waals surface area contributed by atoms with Crippen LogP contribution in [0.3, 0.4) is 0 Å². The van der Waals surface area contributed by atoms with Crippen LogP contribution in [0.2, 0.25) is 0 Å². The van der Waals surface area contributed by atoms with Crippen LogP contribution in [0.1, 0.15) is 23.0 Å². The lowest BCUT2D eigenvalue weighted by atomic mass is 10.1. The van der Waals surface area contributed by atoms with E-state index in [1.165, 1.54) is 13.1 Å². The highest BCUT2D eigenvalue weighted by Gasteiger charge is 2.20. The van der Waals surface area contributed by atoms with Crippen molar-refractivity contribution in [2.45, 2.75) is 6.92 Å². The summed E-state index contributed by atoms with van der Waals surface area (Å²) in [6, 6.07) is 6.53. The Morgan fingerprint density at radius 2 is 2.06 bits per heavy atom. The van der Waals surface area contributed by atoms with Crippen LogP contribution in [0.5, 0.6) is 0 Å². The van der Waals surface area contributed by atoms with Crippen LogP contribution < -0.4 is 4.42 Å². The van der Waals surface area contributed by atoms with Gasteiger partial charge in [0, 0.05) is 24.3 Å². The molecular weight excluding hydrogens is 256 g/mol. The molecule has 18 heavy (non-hydrogen) atoms. The van der Waals surface area contributed by atoms with Gasteiger partial charge in [-0.05, 0) is 12.1 Å². The van der Waals surface area contributed by atoms with Crippen LogP contribution in [0.15, 0.2) is 30.5 Å². The van der Waals surface area contributed by atoms with Crippen LogP contribution in [0, 0.1) is 0 Å². The molecule has 0 bridgehead atoms. The van der Waals surface area contributed by atoms with Crippen molar-refractivity contribution in [3.05, 3.63) is 41.7 Å². The van der Waals surface area contributed by atoms with Crippen molar-refractivity contribution in [2.75, 3.05) is 4.42 Å². The molecule has 0 unspecified atom stereocenters. The molecule has 0 saturated carbocycles. The van der Waals surface area contributed by atoms with E-state index in [-0.39, 0.29) is 22.9 Å². The van der Waals surface area contributed by atoms with E-state index in [2.05, 4.69) is 15.4 Å². The van der Waals surface area contributed by atoms with Crippen LogP contribution in [0.4, 0.5) is 5.69 Å². The van der Waals surface area contributed by atoms with Gasteiger partial charge in [0.05, 0.1) is 11.9 Å². The molecule has 92 valence electrons. The number of nitrogens with zero attached hydrogens (tertiary/aromatic N) is 3. The number of carbonyl (C=O) groups is 2. The van der Waals surface area contributed by atoms with Gasteiger partial charge < -0.3 is 0 Å². The Bertz CT molecular complexity index is 582. The fourth-order valence-corrected chi connectivity index (χ4v) is 1.60. The number of aromatic amines is 1. The first-order chi connectivity index (χ1) is 8.61. The Labute approximate surface area is 108 Å². The third-order valence-electron chi connectivity index (χ3n) is 2.28. The fraction of sp³-hybridized carbons (Fsp3) is 0.0909. The Kier molecular flexibility index (Phi) is 3.38. The fourth-order valence-electron chi connectivity index (χ4n) is 1.46. The number of nitrogens with one attached hydrogen (secondary N) is 1. The lowest BCUT2D eigenvalue weighted by Gasteiger charge is -2.14. The predicted molar refractivity (Wildman–Crippen MR) is 65.3 cm³/mol. The van der Waals surface area contributed by atoms with Gasteiger partial charge in [0.15, 0.2) is 5.69 Å². The molecule has 1 aromatic heterocycles. The van der Waals surface area contributed by atoms with Crippen LogP contribution >= 0.6 is 11.8 Å². The molecule has 1 amide bonds. The topological polar surface area (TPSA) is 79.0 Å². The van der Waals surface area contributed by atoms with Crippen molar-refractivity contribution < 1.29 is 9.59 Å². The number of hydrogen-bond donors (Lipinski definition) is 1. The second-order valence-electron chi connectivity index (χ2n) is 3.50. The first kappa shape index (κ1) is 12.3. The number of aromatic nitrogens is 3. The van der Waals surface area contributed by atoms with Gasteiger partial charge >= 0.3 is 0 Å². The minimum atomic E-state index is -0.378. The first-order valence-electron chi connectivity index (χ1n) is 5.07. The molecule has 0 atom stereocenters. The van der Waals surface area contributed by atoms with E-state index in [9.17, 15) is 9.59 Å². The lowest BCUT2D eigenvalue weighted by molar-refractivity contribution is -0.115. The van der Waals surface area contributed by atoms with E-state index in [0.717, 1.165) is 4.42 Å². The van der Waals surface area contributed by atoms with Gasteiger partial charge in [-0.25, -0.2) is 4.42 Å². The van der Waals surface area contributed by atoms with E-state index in [4.69, 9.17) is 11.8 Å². The maximum atomic E-state index is 12.1. The zero-order valence-electron chi connectivity index (χ0n) is 9.42. The Morgan fingerprint density at radius 3 is 2.67 bits per heavy atom. The number of ketones is 1. The normalized spacial score (nSPS) is 10.1. The molecule has 0 radical (unpaired) electrons. The lowest BCUT2D eigenvalue weighted by Crippen LogP contribution is -2.19. The predicted octanol–water partition coefficient (Wildman–Crippen LogP) is 1.54. The molecule has 0 saturated heterocycles. The third-order valence-corrected chi connectivity index (χ3v) is 2.70. The summed E-state index contributed by atoms with van der Waals surface area (Å²) in [5.74, 6) is -0.733. The summed E-state index contributed by atoms with van der Waals surface area (Å²) in [6.45, 7) is 1.31. The smallest absolute Gasteiger partial charge is 0.238 e. The second kappa shape index (κ2) is 4.97. The van der Waals surface area contributed by atoms with E-state index in [1.807, 2.05) is 0 Å². The number of amides is 1. The van der Waals surface area contributed by atoms with Gasteiger partial charge in [-0.3, -0.25) is 9.59 Å². The molecule has 0 spiro atoms. The van der Waals surface area contributed by atoms with Crippen molar-refractivity contribution >= 4 is 29.2 Å². The van der Waals surface area contributed by atoms with Gasteiger partial charge in [0.2, 0.25) is 11.7 Å². The summed E-state index contributed by atoms with van der Waals surface area (Å²) in [7, 11) is 0. The summed E-state index contributed by atoms with van der Waals surface area (Å²) in [5, 5.41) is 9.63. The first-order valence-corrected chi connectivity index (χ1v) is 5.41. The molecule has 2 aromatic rings. The minimum Gasteiger partial charge on any atom is -0.287 e. The molecule has 1 heterocycles. The van der Waals surface area contributed by atoms with Crippen LogP contribution in [-0.2, 0) is 4.79 Å². The van der Waals surface area contributed by atoms with Crippen LogP contribution in [0.25, 0.3) is 0 Å². The van der Waals surface area contributed by atoms with E-state index >= 15 is 0 Å². The minimum absolute atomic E-state index is 0.163. The average molecular weight is 265 g/mol. The number of anilines is 1. The average Bonchev–Trinajstić information content (AvgIpc) is 2.90. The maximum Gasteiger partial charge on any atom is 0.238 e. The Balaban J connectivity index is 2.45. The number of carbonyl (C=O) groups excluding carboxylic acids is 2. The molecule has 7 heteroatoms. The largest absolute Gasteiger partial charge is 0.287 e. The number of halogens is 1. The highest BCUT2D eigenvalue weighted by atomic mass is 35.5. The number of rotatable bonds is 3. The van der Waals surface area contributed by atoms with Crippen molar-refractivity contribution in [3.8, 4) is 0 Å². The number of benzene rings is 1. The van der Waals surface area contributed by atoms with E-state index in [0.29, 0.717) is 5.69 Å². The zero-order chi connectivity index (χ0) is 13.1. The summed E-state index contributed by atoms with van der Waals surface area (Å²) >= 11 is 5.84. The van der Waals surface area contributed by atoms with Crippen molar-refractivity contribution in [1.82, 2.24) is 15.4 Å². The Hall–Kier alpha value is -2.21. The second-order valence-corrected chi connectivity index (χ2v) is 3.84. The molecule has 1 aromatic carbocycles. The number of hydrogen-bond acceptors (Lipinski definition) is 4. The highest BCUT2D eigenvalue weighted by molar-refractivity contribution is 6.37. The van der Waals surface area contributed by atoms with E-state index in [1.54, 1.807) is 24.3 Å². The zero-order valence-corrected chi connectivity index (χ0v) is 10.2. The van der Waals surface area contributed by atoms with Gasteiger partial charge in [-0.15, -0.1) is 0 Å². The molecule has 0 aliphatic rings. The standard InChI is InChI=1S/C11H9ClN4O2/c1-7(17)16(12)10-5-3-2-4-8(10)11(18)9-6-13-15-14-9/h2-6H,1H3,(H,13,14,15). The summed E-state index contributed by atoms with van der Waals surface area (Å²) < 4.78 is 0.896. The van der Waals surface area contributed by atoms with Gasteiger partial charge in [-0.2, -0.15) is 15.4 Å². The highest BCUT2D eigenvalue weighted by Crippen LogP contribution is 2.24. The summed E-state index contributed by atoms with van der Waals surface area (Å²) in [6.07, 6.45) is 1.31. The third kappa shape index (κ3) is 2.23. The molecule has 1 N–H and O–H groups in total. The maximum absolute atomic E-state index is 12.1. The molecule has 0 aliphatic heterocycles. The molecule has 0 fully saturated rings. The van der Waals surface area contributed by atoms with Crippen molar-refractivity contribution in [3.63, 3.8) is 0 Å². The van der Waals surface area contributed by atoms with Crippen LogP contribution in [-0.4, -0.2) is 27.1 Å². The van der Waals surface area contributed by atoms with Crippen molar-refractivity contribution in [1.29, 1.82) is 0 Å². The van der Waals surface area contributed by atoms with Gasteiger partial charge in [0.25, 0.3) is 0 Å². The molecule has 2 rings (SSSR count).